The van der Waals surface area contributed by atoms with Crippen molar-refractivity contribution < 1.29 is 0 Å². The van der Waals surface area contributed by atoms with Crippen molar-refractivity contribution in [3.63, 3.8) is 0 Å². The molecule has 22 heavy (non-hydrogen) atoms. The van der Waals surface area contributed by atoms with E-state index in [0.717, 1.165) is 5.56 Å². The lowest BCUT2D eigenvalue weighted by Gasteiger charge is -2.11. The first kappa shape index (κ1) is 12.8. The van der Waals surface area contributed by atoms with E-state index in [1.165, 1.54) is 11.3 Å². The largest absolute Gasteiger partial charge is 0.276 e. The number of thiophene rings is 1. The predicted molar refractivity (Wildman–Crippen MR) is 86.2 cm³/mol. The van der Waals surface area contributed by atoms with Gasteiger partial charge in [0.1, 0.15) is 10.5 Å². The molecule has 0 unspecified atom stereocenters. The van der Waals surface area contributed by atoms with Crippen LogP contribution in [0.2, 0.25) is 0 Å². The molecule has 0 aliphatic rings. The third-order valence-electron chi connectivity index (χ3n) is 3.30. The van der Waals surface area contributed by atoms with Gasteiger partial charge in [0.2, 0.25) is 0 Å². The van der Waals surface area contributed by atoms with Crippen LogP contribution >= 0.6 is 11.3 Å². The highest BCUT2D eigenvalue weighted by Gasteiger charge is 2.15. The Morgan fingerprint density at radius 3 is 2.55 bits per heavy atom. The fourth-order valence-electron chi connectivity index (χ4n) is 2.33. The Hall–Kier alpha value is -2.86. The fourth-order valence-corrected chi connectivity index (χ4v) is 3.09. The lowest BCUT2D eigenvalue weighted by molar-refractivity contribution is 0.967. The van der Waals surface area contributed by atoms with Gasteiger partial charge in [-0.15, -0.1) is 11.3 Å². The number of aromatic nitrogens is 4. The molecule has 0 aliphatic carbocycles. The molecule has 0 bridgehead atoms. The minimum atomic E-state index is -0.0909. The Kier molecular flexibility index (Phi) is 3.01. The second-order valence-corrected chi connectivity index (χ2v) is 5.58. The number of fused-ring (bicyclic) bond motifs is 1. The Morgan fingerprint density at radius 2 is 1.82 bits per heavy atom. The molecule has 0 amide bonds. The molecule has 4 rings (SSSR count). The molecule has 4 heterocycles. The van der Waals surface area contributed by atoms with E-state index >= 15 is 0 Å². The van der Waals surface area contributed by atoms with Crippen LogP contribution in [0.3, 0.4) is 0 Å². The van der Waals surface area contributed by atoms with E-state index in [1.54, 1.807) is 35.4 Å². The van der Waals surface area contributed by atoms with Gasteiger partial charge in [0.05, 0.1) is 17.4 Å². The molecular formula is C16H10N4OS. The summed E-state index contributed by atoms with van der Waals surface area (Å²) in [7, 11) is 0. The van der Waals surface area contributed by atoms with Crippen molar-refractivity contribution in [2.75, 3.05) is 0 Å². The Balaban J connectivity index is 2.13. The van der Waals surface area contributed by atoms with Gasteiger partial charge in [0, 0.05) is 24.2 Å². The van der Waals surface area contributed by atoms with Crippen LogP contribution in [0.5, 0.6) is 0 Å². The van der Waals surface area contributed by atoms with Crippen molar-refractivity contribution in [3.8, 4) is 17.1 Å². The first-order chi connectivity index (χ1) is 10.8. The molecule has 5 nitrogen and oxygen atoms in total. The van der Waals surface area contributed by atoms with Crippen molar-refractivity contribution in [2.45, 2.75) is 0 Å². The standard InChI is InChI=1S/C16H10N4OS/c21-16-14-13(5-8-22-14)19-15(11-3-1-6-17-9-11)20(16)12-4-2-7-18-10-12/h1-10H. The van der Waals surface area contributed by atoms with Crippen molar-refractivity contribution in [2.24, 2.45) is 0 Å². The van der Waals surface area contributed by atoms with Gasteiger partial charge in [0.25, 0.3) is 5.56 Å². The van der Waals surface area contributed by atoms with E-state index in [0.29, 0.717) is 21.7 Å². The second-order valence-electron chi connectivity index (χ2n) is 4.66. The zero-order valence-electron chi connectivity index (χ0n) is 11.4. The molecule has 0 N–H and O–H groups in total. The minimum Gasteiger partial charge on any atom is -0.267 e. The predicted octanol–water partition coefficient (Wildman–Crippen LogP) is 2.90. The van der Waals surface area contributed by atoms with Crippen LogP contribution < -0.4 is 5.56 Å². The number of rotatable bonds is 2. The van der Waals surface area contributed by atoms with E-state index in [2.05, 4.69) is 15.0 Å². The summed E-state index contributed by atoms with van der Waals surface area (Å²) in [5, 5.41) is 1.87. The van der Waals surface area contributed by atoms with Gasteiger partial charge in [0.15, 0.2) is 0 Å². The Morgan fingerprint density at radius 1 is 1.00 bits per heavy atom. The van der Waals surface area contributed by atoms with E-state index in [9.17, 15) is 4.79 Å². The molecule has 0 aromatic carbocycles. The van der Waals surface area contributed by atoms with E-state index < -0.39 is 0 Å². The van der Waals surface area contributed by atoms with Crippen LogP contribution in [0.15, 0.2) is 65.3 Å². The quantitative estimate of drug-likeness (QED) is 0.571. The van der Waals surface area contributed by atoms with Crippen LogP contribution in [-0.4, -0.2) is 19.5 Å². The molecule has 0 radical (unpaired) electrons. The van der Waals surface area contributed by atoms with Crippen molar-refractivity contribution >= 4 is 21.6 Å². The topological polar surface area (TPSA) is 60.7 Å². The van der Waals surface area contributed by atoms with Gasteiger partial charge in [-0.1, -0.05) is 0 Å². The van der Waals surface area contributed by atoms with Gasteiger partial charge in [-0.25, -0.2) is 4.98 Å². The Bertz CT molecular complexity index is 993. The van der Waals surface area contributed by atoms with Crippen LogP contribution in [0.1, 0.15) is 0 Å². The number of nitrogens with zero attached hydrogens (tertiary/aromatic N) is 4. The van der Waals surface area contributed by atoms with Gasteiger partial charge in [-0.2, -0.15) is 0 Å². The molecule has 0 saturated heterocycles. The van der Waals surface area contributed by atoms with E-state index in [-0.39, 0.29) is 5.56 Å². The maximum absolute atomic E-state index is 12.9. The summed E-state index contributed by atoms with van der Waals surface area (Å²) in [6.07, 6.45) is 6.73. The van der Waals surface area contributed by atoms with Crippen LogP contribution in [0, 0.1) is 0 Å². The van der Waals surface area contributed by atoms with E-state index in [1.807, 2.05) is 29.6 Å². The SMILES string of the molecule is O=c1c2sccc2nc(-c2cccnc2)n1-c1cccnc1. The molecule has 0 fully saturated rings. The fraction of sp³-hybridized carbons (Fsp3) is 0. The molecule has 0 aliphatic heterocycles. The molecule has 6 heteroatoms. The molecule has 0 atom stereocenters. The average molecular weight is 306 g/mol. The average Bonchev–Trinajstić information content (AvgIpc) is 3.05. The number of pyridine rings is 2. The molecule has 4 aromatic heterocycles. The van der Waals surface area contributed by atoms with Crippen molar-refractivity contribution in [1.29, 1.82) is 0 Å². The lowest BCUT2D eigenvalue weighted by atomic mass is 10.2. The Labute approximate surface area is 129 Å². The van der Waals surface area contributed by atoms with E-state index in [4.69, 9.17) is 0 Å². The molecular weight excluding hydrogens is 296 g/mol. The number of hydrogen-bond donors (Lipinski definition) is 0. The summed E-state index contributed by atoms with van der Waals surface area (Å²) in [5.41, 5.74) is 2.09. The van der Waals surface area contributed by atoms with Crippen LogP contribution in [-0.2, 0) is 0 Å². The summed E-state index contributed by atoms with van der Waals surface area (Å²) in [4.78, 5) is 25.7. The monoisotopic (exact) mass is 306 g/mol. The third-order valence-corrected chi connectivity index (χ3v) is 4.20. The summed E-state index contributed by atoms with van der Waals surface area (Å²) in [6, 6.07) is 9.21. The first-order valence-electron chi connectivity index (χ1n) is 6.65. The lowest BCUT2D eigenvalue weighted by Crippen LogP contribution is -2.21. The summed E-state index contributed by atoms with van der Waals surface area (Å²) >= 11 is 1.39. The second kappa shape index (κ2) is 5.16. The smallest absolute Gasteiger partial charge is 0.267 e. The highest BCUT2D eigenvalue weighted by atomic mass is 32.1. The molecule has 106 valence electrons. The van der Waals surface area contributed by atoms with Crippen LogP contribution in [0.4, 0.5) is 0 Å². The molecule has 4 aromatic rings. The highest BCUT2D eigenvalue weighted by molar-refractivity contribution is 7.17. The first-order valence-corrected chi connectivity index (χ1v) is 7.53. The van der Waals surface area contributed by atoms with Gasteiger partial charge in [-0.05, 0) is 35.7 Å². The maximum atomic E-state index is 12.9. The van der Waals surface area contributed by atoms with Crippen LogP contribution in [0.25, 0.3) is 27.3 Å². The maximum Gasteiger partial charge on any atom is 0.276 e. The number of hydrogen-bond acceptors (Lipinski definition) is 5. The normalized spacial score (nSPS) is 10.9. The summed E-state index contributed by atoms with van der Waals surface area (Å²) < 4.78 is 2.22. The molecule has 0 spiro atoms. The molecule has 0 saturated carbocycles. The van der Waals surface area contributed by atoms with Crippen molar-refractivity contribution in [3.05, 3.63) is 70.9 Å². The summed E-state index contributed by atoms with van der Waals surface area (Å²) in [6.45, 7) is 0. The van der Waals surface area contributed by atoms with Gasteiger partial charge >= 0.3 is 0 Å². The minimum absolute atomic E-state index is 0.0909. The van der Waals surface area contributed by atoms with Gasteiger partial charge in [-0.3, -0.25) is 19.3 Å². The zero-order valence-corrected chi connectivity index (χ0v) is 12.2. The zero-order chi connectivity index (χ0) is 14.9. The van der Waals surface area contributed by atoms with Gasteiger partial charge < -0.3 is 0 Å². The third kappa shape index (κ3) is 2.01. The highest BCUT2D eigenvalue weighted by Crippen LogP contribution is 2.23. The summed E-state index contributed by atoms with van der Waals surface area (Å²) in [5.74, 6) is 0.567. The van der Waals surface area contributed by atoms with Crippen molar-refractivity contribution in [1.82, 2.24) is 19.5 Å².